The second kappa shape index (κ2) is 18.3. The van der Waals surface area contributed by atoms with Gasteiger partial charge < -0.3 is 51.2 Å². The highest BCUT2D eigenvalue weighted by Gasteiger charge is 2.45. The predicted octanol–water partition coefficient (Wildman–Crippen LogP) is 6.09. The van der Waals surface area contributed by atoms with E-state index < -0.39 is 36.3 Å². The van der Waals surface area contributed by atoms with Gasteiger partial charge in [0.25, 0.3) is 0 Å². The van der Waals surface area contributed by atoms with Crippen molar-refractivity contribution in [3.8, 4) is 23.3 Å². The molecule has 2 aromatic heterocycles. The van der Waals surface area contributed by atoms with Gasteiger partial charge in [0.2, 0.25) is 17.7 Å². The molecule has 350 valence electrons. The van der Waals surface area contributed by atoms with E-state index >= 15 is 0 Å². The number of anilines is 3. The van der Waals surface area contributed by atoms with Gasteiger partial charge in [0, 0.05) is 59.2 Å². The van der Waals surface area contributed by atoms with Crippen LogP contribution in [0.3, 0.4) is 0 Å². The molecule has 1 saturated carbocycles. The highest BCUT2D eigenvalue weighted by atomic mass is 19.4. The average molecular weight is 906 g/mol. The van der Waals surface area contributed by atoms with Crippen LogP contribution in [0.15, 0.2) is 48.5 Å². The van der Waals surface area contributed by atoms with Crippen molar-refractivity contribution in [2.75, 3.05) is 69.9 Å². The smallest absolute Gasteiger partial charge is 0.416 e. The number of nitrogens with zero attached hydrogens (tertiary/aromatic N) is 5. The summed E-state index contributed by atoms with van der Waals surface area (Å²) in [5.41, 5.74) is 6.50. The van der Waals surface area contributed by atoms with Crippen molar-refractivity contribution < 1.29 is 47.9 Å². The lowest BCUT2D eigenvalue weighted by Crippen LogP contribution is -2.47. The van der Waals surface area contributed by atoms with Crippen molar-refractivity contribution >= 4 is 44.8 Å². The third-order valence-corrected chi connectivity index (χ3v) is 13.2. The van der Waals surface area contributed by atoms with E-state index in [1.54, 1.807) is 43.0 Å². The molecular weight excluding hydrogens is 848 g/mol. The minimum Gasteiger partial charge on any atom is -0.494 e. The van der Waals surface area contributed by atoms with E-state index in [1.807, 2.05) is 13.1 Å². The second-order valence-electron chi connectivity index (χ2n) is 18.1. The Labute approximate surface area is 374 Å². The molecule has 16 nitrogen and oxygen atoms in total. The lowest BCUT2D eigenvalue weighted by atomic mass is 9.96. The molecule has 0 radical (unpaired) electrons. The molecule has 0 spiro atoms. The van der Waals surface area contributed by atoms with Gasteiger partial charge in [-0.2, -0.15) is 13.2 Å². The Kier molecular flexibility index (Phi) is 12.9. The van der Waals surface area contributed by atoms with Crippen LogP contribution >= 0.6 is 0 Å². The summed E-state index contributed by atoms with van der Waals surface area (Å²) in [6.07, 6.45) is -2.21. The topological polar surface area (TPSA) is 216 Å². The van der Waals surface area contributed by atoms with Gasteiger partial charge in [0.1, 0.15) is 24.1 Å². The van der Waals surface area contributed by atoms with Crippen LogP contribution in [-0.2, 0) is 11.0 Å². The molecule has 4 heterocycles. The predicted molar refractivity (Wildman–Crippen MR) is 240 cm³/mol. The number of likely N-dealkylation sites (N-methyl/N-ethyl adjacent to an activating group) is 1. The fraction of sp³-hybridized carbons (Fsp3) is 0.500. The fourth-order valence-electron chi connectivity index (χ4n) is 9.14. The number of aryl methyl sites for hydroxylation is 1. The number of ether oxygens (including phenoxy) is 2. The Morgan fingerprint density at radius 3 is 2.43 bits per heavy atom. The zero-order valence-electron chi connectivity index (χ0n) is 37.0. The first-order chi connectivity index (χ1) is 30.9. The monoisotopic (exact) mass is 905 g/mol. The standard InChI is InChI=1S/C46H58F3N9O7/c1-25(28-15-29(46(47,48)49)17-30(50)16-28)52-41-34-19-38(37(64-4)20-35(34)53-26(2)54-41)65-24-45(11-12-45)23-56(3)40(60)22-57-13-9-27(10-14-57)21-51-31-5-6-32-33(18-31)44(63)58(43(32)62)36-7-8-39(59)55-42(36)61/h5-6,15-20,25,27,36,39,42,51,55,59,61-63H,7-14,21-24,50H2,1-4H3,(H,52,53,54)/t25-,36?,39?,42?/m1/s1. The first kappa shape index (κ1) is 45.8. The van der Waals surface area contributed by atoms with E-state index in [4.69, 9.17) is 15.2 Å². The van der Waals surface area contributed by atoms with Gasteiger partial charge in [-0.3, -0.25) is 19.6 Å². The maximum Gasteiger partial charge on any atom is 0.416 e. The van der Waals surface area contributed by atoms with E-state index in [1.165, 1.54) is 17.7 Å². The van der Waals surface area contributed by atoms with Crippen LogP contribution in [0.2, 0.25) is 0 Å². The highest BCUT2D eigenvalue weighted by molar-refractivity contribution is 5.95. The lowest BCUT2D eigenvalue weighted by molar-refractivity contribution is -0.137. The summed E-state index contributed by atoms with van der Waals surface area (Å²) in [7, 11) is 3.37. The summed E-state index contributed by atoms with van der Waals surface area (Å²) in [5.74, 6) is 1.91. The van der Waals surface area contributed by atoms with Gasteiger partial charge in [-0.15, -0.1) is 0 Å². The molecule has 65 heavy (non-hydrogen) atoms. The van der Waals surface area contributed by atoms with Crippen molar-refractivity contribution in [3.05, 3.63) is 65.5 Å². The van der Waals surface area contributed by atoms with Crippen molar-refractivity contribution in [1.29, 1.82) is 0 Å². The molecule has 0 bridgehead atoms. The SMILES string of the molecule is COc1cc2nc(C)nc(N[C@H](C)c3cc(N)cc(C(F)(F)F)c3)c2cc1OCC1(CN(C)C(=O)CN2CCC(CNc3ccc4c(O)n(C5CCC(O)NC5O)c(O)c4c3)CC2)CC1. The van der Waals surface area contributed by atoms with E-state index in [0.717, 1.165) is 56.6 Å². The van der Waals surface area contributed by atoms with Crippen LogP contribution in [0.1, 0.15) is 74.5 Å². The average Bonchev–Trinajstić information content (AvgIpc) is 3.98. The van der Waals surface area contributed by atoms with E-state index in [2.05, 4.69) is 30.8 Å². The van der Waals surface area contributed by atoms with Crippen molar-refractivity contribution in [1.82, 2.24) is 29.7 Å². The molecule has 1 aliphatic carbocycles. The third-order valence-electron chi connectivity index (χ3n) is 13.2. The number of benzene rings is 3. The number of fused-ring (bicyclic) bond motifs is 2. The Morgan fingerprint density at radius 1 is 1.00 bits per heavy atom. The molecule has 3 unspecified atom stereocenters. The first-order valence-electron chi connectivity index (χ1n) is 22.0. The van der Waals surface area contributed by atoms with Gasteiger partial charge in [-0.05, 0) is 119 Å². The summed E-state index contributed by atoms with van der Waals surface area (Å²) < 4.78 is 54.2. The number of methoxy groups -OCH3 is 1. The first-order valence-corrected chi connectivity index (χ1v) is 22.0. The number of aromatic nitrogens is 3. The molecule has 3 aromatic carbocycles. The number of aliphatic hydroxyl groups excluding tert-OH is 2. The fourth-order valence-corrected chi connectivity index (χ4v) is 9.14. The number of nitrogens with two attached hydrogens (primary N) is 1. The molecule has 9 N–H and O–H groups in total. The van der Waals surface area contributed by atoms with E-state index in [-0.39, 0.29) is 28.8 Å². The molecule has 2 saturated heterocycles. The van der Waals surface area contributed by atoms with Crippen molar-refractivity contribution in [3.63, 3.8) is 0 Å². The number of rotatable bonds is 15. The number of aromatic hydroxyl groups is 2. The summed E-state index contributed by atoms with van der Waals surface area (Å²) in [5, 5.41) is 53.2. The molecule has 5 aromatic rings. The van der Waals surface area contributed by atoms with Gasteiger partial charge in [0.15, 0.2) is 11.5 Å². The van der Waals surface area contributed by atoms with Crippen LogP contribution in [0.4, 0.5) is 30.4 Å². The van der Waals surface area contributed by atoms with Crippen LogP contribution in [0.25, 0.3) is 21.7 Å². The number of hydrogen-bond donors (Lipinski definition) is 8. The van der Waals surface area contributed by atoms with Gasteiger partial charge in [-0.1, -0.05) is 0 Å². The van der Waals surface area contributed by atoms with Crippen molar-refractivity contribution in [2.45, 2.75) is 83.1 Å². The Morgan fingerprint density at radius 2 is 1.74 bits per heavy atom. The van der Waals surface area contributed by atoms with Crippen LogP contribution in [-0.4, -0.2) is 117 Å². The number of nitrogen functional groups attached to an aromatic ring is 1. The summed E-state index contributed by atoms with van der Waals surface area (Å²) in [6, 6.07) is 11.2. The molecular formula is C46H58F3N9O7. The number of nitrogens with one attached hydrogen (secondary N) is 3. The summed E-state index contributed by atoms with van der Waals surface area (Å²) in [6.45, 7) is 6.89. The van der Waals surface area contributed by atoms with Gasteiger partial charge in [-0.25, -0.2) is 9.97 Å². The molecule has 8 rings (SSSR count). The minimum absolute atomic E-state index is 0.00524. The Balaban J connectivity index is 0.834. The normalized spacial score (nSPS) is 20.7. The third kappa shape index (κ3) is 10.1. The molecule has 2 aliphatic heterocycles. The van der Waals surface area contributed by atoms with Crippen LogP contribution < -0.4 is 31.2 Å². The molecule has 1 amide bonds. The van der Waals surface area contributed by atoms with Crippen molar-refractivity contribution in [2.24, 2.45) is 11.3 Å². The van der Waals surface area contributed by atoms with Crippen LogP contribution in [0, 0.1) is 18.3 Å². The van der Waals surface area contributed by atoms with Crippen LogP contribution in [0.5, 0.6) is 23.3 Å². The number of aliphatic hydroxyl groups is 2. The Hall–Kier alpha value is -5.76. The number of carbonyl (C=O) groups is 1. The number of hydrogen-bond acceptors (Lipinski definition) is 14. The largest absolute Gasteiger partial charge is 0.494 e. The second-order valence-corrected chi connectivity index (χ2v) is 18.1. The Bertz CT molecular complexity index is 2540. The van der Waals surface area contributed by atoms with E-state index in [0.29, 0.717) is 95.4 Å². The maximum atomic E-state index is 13.6. The summed E-state index contributed by atoms with van der Waals surface area (Å²) in [4.78, 5) is 26.7. The zero-order chi connectivity index (χ0) is 46.4. The maximum absolute atomic E-state index is 13.6. The van der Waals surface area contributed by atoms with Gasteiger partial charge in [0.05, 0.1) is 43.4 Å². The molecule has 4 atom stereocenters. The zero-order valence-corrected chi connectivity index (χ0v) is 37.0. The molecule has 19 heteroatoms. The number of carbonyl (C=O) groups excluding carboxylic acids is 1. The quantitative estimate of drug-likeness (QED) is 0.0559. The highest BCUT2D eigenvalue weighted by Crippen LogP contribution is 2.48. The van der Waals surface area contributed by atoms with Gasteiger partial charge >= 0.3 is 6.18 Å². The summed E-state index contributed by atoms with van der Waals surface area (Å²) >= 11 is 0. The number of likely N-dealkylation sites (tertiary alicyclic amines) is 1. The number of piperidine rings is 2. The number of alkyl halides is 3. The lowest BCUT2D eigenvalue weighted by Gasteiger charge is -2.33. The molecule has 3 aliphatic rings. The number of halogens is 3. The number of amides is 1. The minimum atomic E-state index is -4.55. The van der Waals surface area contributed by atoms with E-state index in [9.17, 15) is 38.4 Å². The molecule has 3 fully saturated rings.